The van der Waals surface area contributed by atoms with Crippen LogP contribution in [0.5, 0.6) is 0 Å². The van der Waals surface area contributed by atoms with Crippen LogP contribution in [-0.4, -0.2) is 42.9 Å². The molecule has 136 valence electrons. The average Bonchev–Trinajstić information content (AvgIpc) is 3.04. The molecule has 0 aliphatic rings. The molecular weight excluding hydrogens is 306 g/mol. The van der Waals surface area contributed by atoms with Crippen molar-refractivity contribution < 1.29 is 14.0 Å². The molecule has 6 heteroatoms. The fourth-order valence-electron chi connectivity index (χ4n) is 2.41. The maximum absolute atomic E-state index is 12.0. The highest BCUT2D eigenvalue weighted by Crippen LogP contribution is 2.20. The third-order valence-corrected chi connectivity index (χ3v) is 3.94. The van der Waals surface area contributed by atoms with Crippen LogP contribution in [0.2, 0.25) is 0 Å². The number of nitrogens with one attached hydrogen (secondary N) is 2. The third kappa shape index (κ3) is 6.35. The normalized spacial score (nSPS) is 12.9. The minimum atomic E-state index is -0.441. The lowest BCUT2D eigenvalue weighted by molar-refractivity contribution is -0.128. The zero-order valence-electron chi connectivity index (χ0n) is 15.5. The Morgan fingerprint density at radius 2 is 1.88 bits per heavy atom. The summed E-state index contributed by atoms with van der Waals surface area (Å²) in [6.45, 7) is 12.3. The molecule has 6 nitrogen and oxygen atoms in total. The van der Waals surface area contributed by atoms with E-state index in [0.717, 1.165) is 18.8 Å². The van der Waals surface area contributed by atoms with Crippen molar-refractivity contribution in [1.82, 2.24) is 15.5 Å². The van der Waals surface area contributed by atoms with E-state index in [-0.39, 0.29) is 24.3 Å². The van der Waals surface area contributed by atoms with E-state index in [1.807, 2.05) is 32.9 Å². The Morgan fingerprint density at radius 1 is 1.21 bits per heavy atom. The van der Waals surface area contributed by atoms with E-state index in [2.05, 4.69) is 29.4 Å². The Balaban J connectivity index is 2.46. The van der Waals surface area contributed by atoms with E-state index < -0.39 is 5.41 Å². The monoisotopic (exact) mass is 337 g/mol. The summed E-state index contributed by atoms with van der Waals surface area (Å²) >= 11 is 0. The second kappa shape index (κ2) is 9.47. The molecule has 0 spiro atoms. The fraction of sp³-hybridized carbons (Fsp3) is 0.667. The van der Waals surface area contributed by atoms with Gasteiger partial charge in [-0.3, -0.25) is 14.5 Å². The van der Waals surface area contributed by atoms with E-state index in [4.69, 9.17) is 4.42 Å². The number of nitrogens with zero attached hydrogens (tertiary/aromatic N) is 1. The Kier molecular flexibility index (Phi) is 7.98. The Morgan fingerprint density at radius 3 is 2.38 bits per heavy atom. The van der Waals surface area contributed by atoms with E-state index in [0.29, 0.717) is 13.1 Å². The number of likely N-dealkylation sites (N-methyl/N-ethyl adjacent to an activating group) is 1. The maximum atomic E-state index is 12.0. The summed E-state index contributed by atoms with van der Waals surface area (Å²) in [5, 5.41) is 5.73. The van der Waals surface area contributed by atoms with Gasteiger partial charge in [0.1, 0.15) is 5.76 Å². The van der Waals surface area contributed by atoms with Crippen molar-refractivity contribution in [2.75, 3.05) is 26.2 Å². The lowest BCUT2D eigenvalue weighted by Crippen LogP contribution is -2.40. The van der Waals surface area contributed by atoms with Gasteiger partial charge in [-0.15, -0.1) is 0 Å². The zero-order valence-corrected chi connectivity index (χ0v) is 15.5. The Bertz CT molecular complexity index is 502. The number of furan rings is 1. The minimum absolute atomic E-state index is 0.0168. The summed E-state index contributed by atoms with van der Waals surface area (Å²) in [6, 6.07) is 3.80. The van der Waals surface area contributed by atoms with Crippen LogP contribution in [0.25, 0.3) is 0 Å². The molecule has 0 bridgehead atoms. The van der Waals surface area contributed by atoms with E-state index in [9.17, 15) is 9.59 Å². The van der Waals surface area contributed by atoms with Gasteiger partial charge in [-0.25, -0.2) is 0 Å². The van der Waals surface area contributed by atoms with Crippen LogP contribution in [0.15, 0.2) is 22.8 Å². The van der Waals surface area contributed by atoms with Crippen molar-refractivity contribution in [1.29, 1.82) is 0 Å². The largest absolute Gasteiger partial charge is 0.468 e. The predicted octanol–water partition coefficient (Wildman–Crippen LogP) is 2.33. The Labute approximate surface area is 145 Å². The molecule has 2 N–H and O–H groups in total. The van der Waals surface area contributed by atoms with E-state index in [1.54, 1.807) is 6.26 Å². The molecule has 1 aromatic rings. The molecule has 0 radical (unpaired) electrons. The number of hydrogen-bond donors (Lipinski definition) is 2. The summed E-state index contributed by atoms with van der Waals surface area (Å²) in [4.78, 5) is 26.0. The van der Waals surface area contributed by atoms with Gasteiger partial charge in [0.25, 0.3) is 0 Å². The highest BCUT2D eigenvalue weighted by atomic mass is 16.3. The van der Waals surface area contributed by atoms with Gasteiger partial charge < -0.3 is 15.1 Å². The first-order valence-electron chi connectivity index (χ1n) is 8.62. The van der Waals surface area contributed by atoms with Gasteiger partial charge in [0.15, 0.2) is 0 Å². The topological polar surface area (TPSA) is 74.6 Å². The second-order valence-electron chi connectivity index (χ2n) is 6.81. The predicted molar refractivity (Wildman–Crippen MR) is 94.5 cm³/mol. The maximum Gasteiger partial charge on any atom is 0.225 e. The second-order valence-corrected chi connectivity index (χ2v) is 6.81. The van der Waals surface area contributed by atoms with Crippen molar-refractivity contribution in [3.63, 3.8) is 0 Å². The average molecular weight is 337 g/mol. The van der Waals surface area contributed by atoms with Crippen molar-refractivity contribution in [3.8, 4) is 0 Å². The SMILES string of the molecule is CCN(CC)C(CNC(=O)CCNC(=O)C(C)(C)C)c1ccco1. The summed E-state index contributed by atoms with van der Waals surface area (Å²) in [5.41, 5.74) is -0.441. The molecular formula is C18H31N3O3. The van der Waals surface area contributed by atoms with Crippen molar-refractivity contribution in [2.45, 2.75) is 47.1 Å². The fourth-order valence-corrected chi connectivity index (χ4v) is 2.41. The van der Waals surface area contributed by atoms with Crippen LogP contribution in [-0.2, 0) is 9.59 Å². The molecule has 1 heterocycles. The number of amides is 2. The van der Waals surface area contributed by atoms with Gasteiger partial charge in [0.2, 0.25) is 11.8 Å². The first kappa shape index (κ1) is 20.2. The molecule has 0 aliphatic heterocycles. The van der Waals surface area contributed by atoms with Crippen LogP contribution in [0.3, 0.4) is 0 Å². The molecule has 0 fully saturated rings. The molecule has 1 unspecified atom stereocenters. The molecule has 0 aromatic carbocycles. The lowest BCUT2D eigenvalue weighted by atomic mass is 9.96. The first-order valence-corrected chi connectivity index (χ1v) is 8.62. The first-order chi connectivity index (χ1) is 11.3. The van der Waals surface area contributed by atoms with Crippen LogP contribution in [0.4, 0.5) is 0 Å². The molecule has 0 saturated heterocycles. The van der Waals surface area contributed by atoms with Crippen LogP contribution in [0.1, 0.15) is 52.8 Å². The molecule has 1 aromatic heterocycles. The standard InChI is InChI=1S/C18H31N3O3/c1-6-21(7-2)14(15-9-8-12-24-15)13-20-16(22)10-11-19-17(23)18(3,4)5/h8-9,12,14H,6-7,10-11,13H2,1-5H3,(H,19,23)(H,20,22). The quantitative estimate of drug-likeness (QED) is 0.725. The van der Waals surface area contributed by atoms with Crippen molar-refractivity contribution in [3.05, 3.63) is 24.2 Å². The van der Waals surface area contributed by atoms with Gasteiger partial charge in [0.05, 0.1) is 12.3 Å². The Hall–Kier alpha value is -1.82. The van der Waals surface area contributed by atoms with E-state index in [1.165, 1.54) is 0 Å². The molecule has 2 amide bonds. The summed E-state index contributed by atoms with van der Waals surface area (Å²) in [6.07, 6.45) is 1.92. The van der Waals surface area contributed by atoms with Crippen LogP contribution < -0.4 is 10.6 Å². The molecule has 1 atom stereocenters. The van der Waals surface area contributed by atoms with Gasteiger partial charge in [0, 0.05) is 24.9 Å². The number of rotatable bonds is 9. The summed E-state index contributed by atoms with van der Waals surface area (Å²) < 4.78 is 5.51. The third-order valence-electron chi connectivity index (χ3n) is 3.94. The molecule has 24 heavy (non-hydrogen) atoms. The van der Waals surface area contributed by atoms with Crippen LogP contribution in [0, 0.1) is 5.41 Å². The smallest absolute Gasteiger partial charge is 0.225 e. The van der Waals surface area contributed by atoms with Crippen LogP contribution >= 0.6 is 0 Å². The minimum Gasteiger partial charge on any atom is -0.468 e. The zero-order chi connectivity index (χ0) is 18.2. The van der Waals surface area contributed by atoms with Crippen molar-refractivity contribution in [2.24, 2.45) is 5.41 Å². The summed E-state index contributed by atoms with van der Waals surface area (Å²) in [7, 11) is 0. The number of hydrogen-bond acceptors (Lipinski definition) is 4. The molecule has 0 aliphatic carbocycles. The van der Waals surface area contributed by atoms with Gasteiger partial charge in [-0.05, 0) is 25.2 Å². The van der Waals surface area contributed by atoms with Gasteiger partial charge >= 0.3 is 0 Å². The number of carbonyl (C=O) groups excluding carboxylic acids is 2. The van der Waals surface area contributed by atoms with Gasteiger partial charge in [-0.2, -0.15) is 0 Å². The highest BCUT2D eigenvalue weighted by molar-refractivity contribution is 5.82. The molecule has 1 rings (SSSR count). The number of carbonyl (C=O) groups is 2. The highest BCUT2D eigenvalue weighted by Gasteiger charge is 2.22. The summed E-state index contributed by atoms with van der Waals surface area (Å²) in [5.74, 6) is 0.722. The van der Waals surface area contributed by atoms with E-state index >= 15 is 0 Å². The lowest BCUT2D eigenvalue weighted by Gasteiger charge is -2.28. The molecule has 0 saturated carbocycles. The van der Waals surface area contributed by atoms with Crippen molar-refractivity contribution >= 4 is 11.8 Å². The van der Waals surface area contributed by atoms with Gasteiger partial charge in [-0.1, -0.05) is 34.6 Å².